The summed E-state index contributed by atoms with van der Waals surface area (Å²) >= 11 is 0. The van der Waals surface area contributed by atoms with Crippen LogP contribution in [0, 0.1) is 0 Å². The summed E-state index contributed by atoms with van der Waals surface area (Å²) in [6.45, 7) is 1.53. The second-order valence-electron chi connectivity index (χ2n) is 5.09. The average Bonchev–Trinajstić information content (AvgIpc) is 2.92. The Morgan fingerprint density at radius 1 is 1.25 bits per heavy atom. The molecule has 3 N–H and O–H groups in total. The van der Waals surface area contributed by atoms with Crippen LogP contribution < -0.4 is 14.8 Å². The minimum Gasteiger partial charge on any atom is -0.454 e. The van der Waals surface area contributed by atoms with Crippen LogP contribution in [-0.4, -0.2) is 40.7 Å². The van der Waals surface area contributed by atoms with Gasteiger partial charge < -0.3 is 25.0 Å². The number of aliphatic hydroxyl groups excluding tert-OH is 2. The second-order valence-corrected chi connectivity index (χ2v) is 5.09. The molecule has 0 spiro atoms. The fraction of sp³-hybridized carbons (Fsp3) is 0.357. The van der Waals surface area contributed by atoms with Crippen LogP contribution in [0.15, 0.2) is 24.4 Å². The van der Waals surface area contributed by atoms with E-state index in [9.17, 15) is 10.2 Å². The first kappa shape index (κ1) is 13.0. The van der Waals surface area contributed by atoms with Gasteiger partial charge in [0.05, 0.1) is 18.8 Å². The highest BCUT2D eigenvalue weighted by atomic mass is 16.7. The Labute approximate surface area is 116 Å². The number of nitrogens with zero attached hydrogens (tertiary/aromatic N) is 1. The zero-order chi connectivity index (χ0) is 14.2. The fourth-order valence-electron chi connectivity index (χ4n) is 2.08. The largest absolute Gasteiger partial charge is 0.454 e. The highest BCUT2D eigenvalue weighted by Gasteiger charge is 2.24. The molecule has 0 amide bonds. The molecule has 20 heavy (non-hydrogen) atoms. The molecule has 1 aliphatic heterocycles. The van der Waals surface area contributed by atoms with Gasteiger partial charge in [0.1, 0.15) is 5.82 Å². The zero-order valence-corrected chi connectivity index (χ0v) is 11.1. The Hall–Kier alpha value is -2.05. The normalized spacial score (nSPS) is 13.8. The minimum atomic E-state index is -0.836. The Bertz CT molecular complexity index is 640. The lowest BCUT2D eigenvalue weighted by Gasteiger charge is -2.27. The monoisotopic (exact) mass is 276 g/mol. The molecule has 6 heteroatoms. The van der Waals surface area contributed by atoms with E-state index < -0.39 is 5.54 Å². The third-order valence-corrected chi connectivity index (χ3v) is 3.38. The molecule has 0 radical (unpaired) electrons. The van der Waals surface area contributed by atoms with Crippen molar-refractivity contribution in [3.05, 3.63) is 24.4 Å². The summed E-state index contributed by atoms with van der Waals surface area (Å²) in [5.74, 6) is 1.97. The number of ether oxygens (including phenoxy) is 2. The van der Waals surface area contributed by atoms with Crippen LogP contribution in [0.1, 0.15) is 6.92 Å². The molecule has 1 aliphatic rings. The van der Waals surface area contributed by atoms with Crippen LogP contribution in [0.25, 0.3) is 10.8 Å². The molecule has 0 bridgehead atoms. The van der Waals surface area contributed by atoms with E-state index in [-0.39, 0.29) is 20.0 Å². The number of hydrogen-bond acceptors (Lipinski definition) is 6. The first-order chi connectivity index (χ1) is 9.65. The molecule has 2 aromatic rings. The number of pyridine rings is 1. The van der Waals surface area contributed by atoms with E-state index in [0.717, 1.165) is 10.8 Å². The SMILES string of the molecule is CC(CO)(CO)Nc1nccc2cc3c(cc12)OCO3. The van der Waals surface area contributed by atoms with Gasteiger partial charge in [-0.15, -0.1) is 0 Å². The zero-order valence-electron chi connectivity index (χ0n) is 11.1. The number of anilines is 1. The summed E-state index contributed by atoms with van der Waals surface area (Å²) in [4.78, 5) is 4.28. The maximum absolute atomic E-state index is 9.38. The molecule has 0 saturated carbocycles. The van der Waals surface area contributed by atoms with Crippen molar-refractivity contribution in [2.24, 2.45) is 0 Å². The smallest absolute Gasteiger partial charge is 0.231 e. The van der Waals surface area contributed by atoms with Crippen LogP contribution >= 0.6 is 0 Å². The van der Waals surface area contributed by atoms with Crippen LogP contribution in [0.5, 0.6) is 11.5 Å². The van der Waals surface area contributed by atoms with Crippen molar-refractivity contribution in [1.82, 2.24) is 4.98 Å². The Morgan fingerprint density at radius 2 is 1.95 bits per heavy atom. The Kier molecular flexibility index (Phi) is 3.11. The molecule has 0 atom stereocenters. The number of aliphatic hydroxyl groups is 2. The number of hydrogen-bond donors (Lipinski definition) is 3. The van der Waals surface area contributed by atoms with E-state index in [0.29, 0.717) is 17.3 Å². The van der Waals surface area contributed by atoms with Crippen LogP contribution in [-0.2, 0) is 0 Å². The van der Waals surface area contributed by atoms with Gasteiger partial charge in [0.2, 0.25) is 6.79 Å². The van der Waals surface area contributed by atoms with Crippen molar-refractivity contribution in [3.63, 3.8) is 0 Å². The lowest BCUT2D eigenvalue weighted by molar-refractivity contribution is 0.147. The average molecular weight is 276 g/mol. The number of benzene rings is 1. The van der Waals surface area contributed by atoms with Gasteiger partial charge in [-0.2, -0.15) is 0 Å². The third-order valence-electron chi connectivity index (χ3n) is 3.38. The topological polar surface area (TPSA) is 83.8 Å². The number of nitrogens with one attached hydrogen (secondary N) is 1. The standard InChI is InChI=1S/C14H16N2O4/c1-14(6-17,7-18)16-13-10-5-12-11(19-8-20-12)4-9(10)2-3-15-13/h2-5,17-18H,6-8H2,1H3,(H,15,16). The molecule has 1 aromatic heterocycles. The van der Waals surface area contributed by atoms with E-state index in [1.54, 1.807) is 13.1 Å². The molecular weight excluding hydrogens is 260 g/mol. The van der Waals surface area contributed by atoms with Crippen molar-refractivity contribution in [2.45, 2.75) is 12.5 Å². The number of aromatic nitrogens is 1. The second kappa shape index (κ2) is 4.81. The van der Waals surface area contributed by atoms with E-state index in [1.165, 1.54) is 0 Å². The van der Waals surface area contributed by atoms with E-state index in [1.807, 2.05) is 18.2 Å². The quantitative estimate of drug-likeness (QED) is 0.776. The summed E-state index contributed by atoms with van der Waals surface area (Å²) in [6, 6.07) is 5.61. The summed E-state index contributed by atoms with van der Waals surface area (Å²) in [6.07, 6.45) is 1.67. The Balaban J connectivity index is 2.07. The van der Waals surface area contributed by atoms with Gasteiger partial charge in [-0.3, -0.25) is 0 Å². The molecule has 2 heterocycles. The van der Waals surface area contributed by atoms with Gasteiger partial charge in [-0.05, 0) is 30.5 Å². The van der Waals surface area contributed by atoms with E-state index in [4.69, 9.17) is 9.47 Å². The van der Waals surface area contributed by atoms with Crippen molar-refractivity contribution < 1.29 is 19.7 Å². The molecule has 0 aliphatic carbocycles. The Morgan fingerprint density at radius 3 is 2.65 bits per heavy atom. The van der Waals surface area contributed by atoms with Crippen LogP contribution in [0.3, 0.4) is 0 Å². The molecule has 3 rings (SSSR count). The van der Waals surface area contributed by atoms with Crippen molar-refractivity contribution in [3.8, 4) is 11.5 Å². The van der Waals surface area contributed by atoms with Crippen molar-refractivity contribution >= 4 is 16.6 Å². The van der Waals surface area contributed by atoms with Gasteiger partial charge in [-0.1, -0.05) is 0 Å². The highest BCUT2D eigenvalue weighted by molar-refractivity contribution is 5.94. The lowest BCUT2D eigenvalue weighted by atomic mass is 10.0. The van der Waals surface area contributed by atoms with Gasteiger partial charge in [-0.25, -0.2) is 4.98 Å². The van der Waals surface area contributed by atoms with Crippen LogP contribution in [0.2, 0.25) is 0 Å². The minimum absolute atomic E-state index is 0.202. The third kappa shape index (κ3) is 2.13. The lowest BCUT2D eigenvalue weighted by Crippen LogP contribution is -2.42. The molecule has 0 unspecified atom stereocenters. The molecule has 0 fully saturated rings. The number of rotatable bonds is 4. The summed E-state index contributed by atoms with van der Waals surface area (Å²) in [5.41, 5.74) is -0.836. The molecule has 0 saturated heterocycles. The highest BCUT2D eigenvalue weighted by Crippen LogP contribution is 2.38. The van der Waals surface area contributed by atoms with Gasteiger partial charge >= 0.3 is 0 Å². The van der Waals surface area contributed by atoms with Crippen LogP contribution in [0.4, 0.5) is 5.82 Å². The maximum atomic E-state index is 9.38. The first-order valence-electron chi connectivity index (χ1n) is 6.33. The van der Waals surface area contributed by atoms with Gasteiger partial charge in [0, 0.05) is 11.6 Å². The summed E-state index contributed by atoms with van der Waals surface area (Å²) in [5, 5.41) is 23.6. The van der Waals surface area contributed by atoms with Crippen molar-refractivity contribution in [2.75, 3.05) is 25.3 Å². The molecule has 1 aromatic carbocycles. The predicted octanol–water partition coefficient (Wildman–Crippen LogP) is 1.12. The first-order valence-corrected chi connectivity index (χ1v) is 6.33. The van der Waals surface area contributed by atoms with Gasteiger partial charge in [0.25, 0.3) is 0 Å². The van der Waals surface area contributed by atoms with E-state index in [2.05, 4.69) is 10.3 Å². The molecule has 6 nitrogen and oxygen atoms in total. The molecular formula is C14H16N2O4. The summed E-state index contributed by atoms with van der Waals surface area (Å²) in [7, 11) is 0. The van der Waals surface area contributed by atoms with Crippen molar-refractivity contribution in [1.29, 1.82) is 0 Å². The fourth-order valence-corrected chi connectivity index (χ4v) is 2.08. The predicted molar refractivity (Wildman–Crippen MR) is 74.1 cm³/mol. The van der Waals surface area contributed by atoms with E-state index >= 15 is 0 Å². The van der Waals surface area contributed by atoms with Gasteiger partial charge in [0.15, 0.2) is 11.5 Å². The number of fused-ring (bicyclic) bond motifs is 2. The molecule has 106 valence electrons. The maximum Gasteiger partial charge on any atom is 0.231 e. The summed E-state index contributed by atoms with van der Waals surface area (Å²) < 4.78 is 10.7.